The van der Waals surface area contributed by atoms with Crippen LogP contribution >= 0.6 is 0 Å². The third kappa shape index (κ3) is 2.93. The number of hydrogen-bond donors (Lipinski definition) is 2. The predicted molar refractivity (Wildman–Crippen MR) is 99.0 cm³/mol. The molecule has 3 heterocycles. The molecular weight excluding hydrogens is 330 g/mol. The number of aromatic nitrogens is 4. The van der Waals surface area contributed by atoms with Crippen molar-refractivity contribution in [2.24, 2.45) is 0 Å². The average Bonchev–Trinajstić information content (AvgIpc) is 3.09. The largest absolute Gasteiger partial charge is 0.394 e. The van der Waals surface area contributed by atoms with E-state index in [9.17, 15) is 5.11 Å². The Balaban J connectivity index is 1.67. The zero-order valence-electron chi connectivity index (χ0n) is 14.8. The molecule has 0 fully saturated rings. The highest BCUT2D eigenvalue weighted by Crippen LogP contribution is 2.29. The quantitative estimate of drug-likeness (QED) is 0.719. The molecular formula is C19H23N5O2. The molecule has 0 spiro atoms. The molecule has 0 saturated heterocycles. The lowest BCUT2D eigenvalue weighted by molar-refractivity contribution is 0.0820. The Kier molecular flexibility index (Phi) is 4.57. The van der Waals surface area contributed by atoms with Crippen molar-refractivity contribution < 1.29 is 10.2 Å². The van der Waals surface area contributed by atoms with Gasteiger partial charge in [-0.05, 0) is 29.5 Å². The minimum Gasteiger partial charge on any atom is -0.394 e. The van der Waals surface area contributed by atoms with Crippen molar-refractivity contribution >= 4 is 17.0 Å². The van der Waals surface area contributed by atoms with Crippen LogP contribution in [0.15, 0.2) is 30.9 Å². The van der Waals surface area contributed by atoms with Gasteiger partial charge in [0.2, 0.25) is 0 Å². The Morgan fingerprint density at radius 2 is 2.12 bits per heavy atom. The molecule has 0 bridgehead atoms. The lowest BCUT2D eigenvalue weighted by Crippen LogP contribution is -2.32. The summed E-state index contributed by atoms with van der Waals surface area (Å²) in [6.07, 6.45) is 4.40. The molecule has 2 aromatic heterocycles. The first-order chi connectivity index (χ1) is 12.7. The van der Waals surface area contributed by atoms with Gasteiger partial charge in [-0.3, -0.25) is 0 Å². The predicted octanol–water partition coefficient (Wildman–Crippen LogP) is 1.30. The maximum absolute atomic E-state index is 9.71. The number of rotatable bonds is 5. The molecule has 3 aromatic rings. The molecule has 1 atom stereocenters. The number of aryl methyl sites for hydroxylation is 1. The zero-order valence-corrected chi connectivity index (χ0v) is 14.8. The molecule has 0 aliphatic carbocycles. The van der Waals surface area contributed by atoms with Crippen molar-refractivity contribution in [1.82, 2.24) is 19.5 Å². The monoisotopic (exact) mass is 353 g/mol. The summed E-state index contributed by atoms with van der Waals surface area (Å²) in [5.41, 5.74) is 5.64. The van der Waals surface area contributed by atoms with Crippen LogP contribution in [0.5, 0.6) is 0 Å². The number of aliphatic hydroxyl groups excluding tert-OH is 2. The summed E-state index contributed by atoms with van der Waals surface area (Å²) in [7, 11) is 0. The number of imidazole rings is 1. The maximum Gasteiger partial charge on any atom is 0.165 e. The second-order valence-electron chi connectivity index (χ2n) is 6.68. The summed E-state index contributed by atoms with van der Waals surface area (Å²) in [4.78, 5) is 15.5. The number of hydrogen-bond acceptors (Lipinski definition) is 6. The second-order valence-corrected chi connectivity index (χ2v) is 6.68. The lowest BCUT2D eigenvalue weighted by atomic mass is 9.93. The Morgan fingerprint density at radius 1 is 1.23 bits per heavy atom. The van der Waals surface area contributed by atoms with E-state index < -0.39 is 6.10 Å². The topological polar surface area (TPSA) is 87.3 Å². The molecule has 0 amide bonds. The van der Waals surface area contributed by atoms with Gasteiger partial charge in [-0.1, -0.05) is 25.1 Å². The second kappa shape index (κ2) is 7.01. The summed E-state index contributed by atoms with van der Waals surface area (Å²) in [5, 5.41) is 18.8. The Morgan fingerprint density at radius 3 is 2.92 bits per heavy atom. The van der Waals surface area contributed by atoms with Crippen LogP contribution in [0.2, 0.25) is 0 Å². The molecule has 0 unspecified atom stereocenters. The molecule has 7 nitrogen and oxygen atoms in total. The van der Waals surface area contributed by atoms with Gasteiger partial charge in [0.05, 0.1) is 25.6 Å². The fourth-order valence-electron chi connectivity index (χ4n) is 3.72. The van der Waals surface area contributed by atoms with E-state index in [-0.39, 0.29) is 13.2 Å². The minimum atomic E-state index is -0.833. The maximum atomic E-state index is 9.71. The van der Waals surface area contributed by atoms with E-state index in [1.807, 2.05) is 0 Å². The molecule has 136 valence electrons. The van der Waals surface area contributed by atoms with Gasteiger partial charge in [0.15, 0.2) is 17.0 Å². The van der Waals surface area contributed by atoms with Crippen LogP contribution in [0.1, 0.15) is 23.6 Å². The van der Waals surface area contributed by atoms with E-state index in [1.165, 1.54) is 16.7 Å². The summed E-state index contributed by atoms with van der Waals surface area (Å²) in [5.74, 6) is 0.819. The van der Waals surface area contributed by atoms with Crippen LogP contribution < -0.4 is 4.90 Å². The summed E-state index contributed by atoms with van der Waals surface area (Å²) < 4.78 is 1.76. The summed E-state index contributed by atoms with van der Waals surface area (Å²) in [6, 6.07) is 6.53. The SMILES string of the molecule is CCc1cccc2c1CCN(c1ncnc3c1ncn3C[C@@H](O)CO)C2. The third-order valence-electron chi connectivity index (χ3n) is 5.04. The van der Waals surface area contributed by atoms with E-state index in [4.69, 9.17) is 5.11 Å². The summed E-state index contributed by atoms with van der Waals surface area (Å²) in [6.45, 7) is 3.86. The molecule has 2 N–H and O–H groups in total. The van der Waals surface area contributed by atoms with E-state index in [0.29, 0.717) is 5.65 Å². The minimum absolute atomic E-state index is 0.256. The fourth-order valence-corrected chi connectivity index (χ4v) is 3.72. The number of fused-ring (bicyclic) bond motifs is 2. The van der Waals surface area contributed by atoms with Gasteiger partial charge in [0.1, 0.15) is 6.33 Å². The van der Waals surface area contributed by atoms with Gasteiger partial charge in [-0.25, -0.2) is 15.0 Å². The number of anilines is 1. The van der Waals surface area contributed by atoms with Gasteiger partial charge < -0.3 is 19.7 Å². The van der Waals surface area contributed by atoms with Crippen LogP contribution in [0.25, 0.3) is 11.2 Å². The van der Waals surface area contributed by atoms with E-state index in [2.05, 4.69) is 45.0 Å². The van der Waals surface area contributed by atoms with Gasteiger partial charge in [0.25, 0.3) is 0 Å². The molecule has 1 aliphatic rings. The van der Waals surface area contributed by atoms with Crippen molar-refractivity contribution in [2.75, 3.05) is 18.1 Å². The van der Waals surface area contributed by atoms with Crippen molar-refractivity contribution in [3.63, 3.8) is 0 Å². The van der Waals surface area contributed by atoms with E-state index in [0.717, 1.165) is 37.3 Å². The highest BCUT2D eigenvalue weighted by atomic mass is 16.3. The van der Waals surface area contributed by atoms with Gasteiger partial charge in [0, 0.05) is 13.1 Å². The molecule has 0 saturated carbocycles. The normalized spacial score (nSPS) is 15.3. The van der Waals surface area contributed by atoms with Crippen molar-refractivity contribution in [3.05, 3.63) is 47.5 Å². The standard InChI is InChI=1S/C19H23N5O2/c1-2-13-4-3-5-14-8-23(7-6-16(13)14)18-17-19(21-11-20-18)24(12-22-17)9-15(26)10-25/h3-5,11-12,15,25-26H,2,6-10H2,1H3/t15-/m1/s1. The first kappa shape index (κ1) is 16.9. The smallest absolute Gasteiger partial charge is 0.165 e. The van der Waals surface area contributed by atoms with Crippen LogP contribution in [-0.4, -0.2) is 49.0 Å². The number of aliphatic hydroxyl groups is 2. The van der Waals surface area contributed by atoms with Crippen molar-refractivity contribution in [1.29, 1.82) is 0 Å². The Labute approximate surface area is 152 Å². The zero-order chi connectivity index (χ0) is 18.1. The summed E-state index contributed by atoms with van der Waals surface area (Å²) >= 11 is 0. The molecule has 4 rings (SSSR count). The Bertz CT molecular complexity index is 923. The number of nitrogens with zero attached hydrogens (tertiary/aromatic N) is 5. The van der Waals surface area contributed by atoms with E-state index in [1.54, 1.807) is 17.2 Å². The molecule has 1 aromatic carbocycles. The highest BCUT2D eigenvalue weighted by molar-refractivity contribution is 5.83. The van der Waals surface area contributed by atoms with Gasteiger partial charge >= 0.3 is 0 Å². The first-order valence-electron chi connectivity index (χ1n) is 9.00. The number of benzene rings is 1. The van der Waals surface area contributed by atoms with Crippen LogP contribution in [0, 0.1) is 0 Å². The first-order valence-corrected chi connectivity index (χ1v) is 9.00. The lowest BCUT2D eigenvalue weighted by Gasteiger charge is -2.31. The van der Waals surface area contributed by atoms with Crippen LogP contribution in [0.4, 0.5) is 5.82 Å². The van der Waals surface area contributed by atoms with Crippen molar-refractivity contribution in [3.8, 4) is 0 Å². The van der Waals surface area contributed by atoms with Crippen molar-refractivity contribution in [2.45, 2.75) is 39.0 Å². The van der Waals surface area contributed by atoms with E-state index >= 15 is 0 Å². The van der Waals surface area contributed by atoms with Crippen LogP contribution in [-0.2, 0) is 25.9 Å². The fraction of sp³-hybridized carbons (Fsp3) is 0.421. The Hall–Kier alpha value is -2.51. The van der Waals surface area contributed by atoms with Gasteiger partial charge in [-0.15, -0.1) is 0 Å². The molecule has 7 heteroatoms. The highest BCUT2D eigenvalue weighted by Gasteiger charge is 2.22. The van der Waals surface area contributed by atoms with Crippen LogP contribution in [0.3, 0.4) is 0 Å². The average molecular weight is 353 g/mol. The third-order valence-corrected chi connectivity index (χ3v) is 5.04. The molecule has 26 heavy (non-hydrogen) atoms. The molecule has 0 radical (unpaired) electrons. The van der Waals surface area contributed by atoms with Gasteiger partial charge in [-0.2, -0.15) is 0 Å². The molecule has 1 aliphatic heterocycles.